The minimum absolute atomic E-state index is 0.0694. The first-order chi connectivity index (χ1) is 28.4. The van der Waals surface area contributed by atoms with E-state index in [1.54, 1.807) is 42.4 Å². The van der Waals surface area contributed by atoms with Gasteiger partial charge in [-0.15, -0.1) is 5.10 Å². The van der Waals surface area contributed by atoms with Gasteiger partial charge in [0.1, 0.15) is 29.9 Å². The zero-order valence-corrected chi connectivity index (χ0v) is 34.6. The summed E-state index contributed by atoms with van der Waals surface area (Å²) in [7, 11) is 3.36. The second-order valence-electron chi connectivity index (χ2n) is 16.5. The Labute approximate surface area is 345 Å². The number of aromatic nitrogens is 3. The molecule has 1 aromatic heterocycles. The van der Waals surface area contributed by atoms with Gasteiger partial charge in [-0.1, -0.05) is 48.4 Å². The van der Waals surface area contributed by atoms with E-state index >= 15 is 0 Å². The van der Waals surface area contributed by atoms with Gasteiger partial charge in [0, 0.05) is 12.1 Å². The van der Waals surface area contributed by atoms with Gasteiger partial charge >= 0.3 is 0 Å². The van der Waals surface area contributed by atoms with E-state index in [0.29, 0.717) is 57.1 Å². The van der Waals surface area contributed by atoms with Crippen molar-refractivity contribution in [2.45, 2.75) is 152 Å². The summed E-state index contributed by atoms with van der Waals surface area (Å²) in [6.45, 7) is 3.68. The van der Waals surface area contributed by atoms with Gasteiger partial charge in [-0.2, -0.15) is 0 Å². The topological polar surface area (TPSA) is 235 Å². The van der Waals surface area contributed by atoms with Crippen molar-refractivity contribution in [1.82, 2.24) is 51.4 Å². The molecule has 0 bridgehead atoms. The number of ether oxygens (including phenoxy) is 1. The maximum absolute atomic E-state index is 14.1. The molecular weight excluding hydrogens is 759 g/mol. The van der Waals surface area contributed by atoms with E-state index in [9.17, 15) is 28.8 Å². The molecular formula is C41H61N11O7. The molecule has 4 aliphatic heterocycles. The van der Waals surface area contributed by atoms with Crippen molar-refractivity contribution in [3.05, 3.63) is 47.8 Å². The van der Waals surface area contributed by atoms with Crippen molar-refractivity contribution in [2.24, 2.45) is 5.73 Å². The fourth-order valence-electron chi connectivity index (χ4n) is 8.99. The molecule has 0 aliphatic carbocycles. The van der Waals surface area contributed by atoms with Crippen LogP contribution in [0.2, 0.25) is 0 Å². The number of amides is 6. The Morgan fingerprint density at radius 2 is 1.37 bits per heavy atom. The number of rotatable bonds is 15. The normalized spacial score (nSPS) is 27.6. The Balaban J connectivity index is 1.11. The second-order valence-corrected chi connectivity index (χ2v) is 16.5. The van der Waals surface area contributed by atoms with Gasteiger partial charge in [-0.25, -0.2) is 4.68 Å². The lowest BCUT2D eigenvalue weighted by atomic mass is 9.94. The van der Waals surface area contributed by atoms with E-state index in [2.05, 4.69) is 36.9 Å². The number of hydrogen-bond acceptors (Lipinski definition) is 11. The number of nitrogens with zero attached hydrogens (tertiary/aromatic N) is 5. The third kappa shape index (κ3) is 10.3. The molecule has 59 heavy (non-hydrogen) atoms. The van der Waals surface area contributed by atoms with Crippen LogP contribution in [0.5, 0.6) is 0 Å². The number of primary amides is 1. The van der Waals surface area contributed by atoms with E-state index < -0.39 is 48.2 Å². The molecule has 0 unspecified atom stereocenters. The Hall–Kier alpha value is -4.94. The van der Waals surface area contributed by atoms with Crippen LogP contribution in [-0.2, 0) is 40.1 Å². The Morgan fingerprint density at radius 1 is 0.780 bits per heavy atom. The highest BCUT2D eigenvalue weighted by atomic mass is 16.5. The van der Waals surface area contributed by atoms with Crippen molar-refractivity contribution in [3.8, 4) is 0 Å². The highest BCUT2D eigenvalue weighted by molar-refractivity contribution is 5.94. The van der Waals surface area contributed by atoms with Crippen LogP contribution in [0, 0.1) is 0 Å². The molecule has 10 atom stereocenters. The first kappa shape index (κ1) is 43.6. The molecule has 4 fully saturated rings. The average molecular weight is 820 g/mol. The van der Waals surface area contributed by atoms with Crippen LogP contribution in [0.25, 0.3) is 0 Å². The number of benzene rings is 1. The summed E-state index contributed by atoms with van der Waals surface area (Å²) in [4.78, 5) is 83.2. The van der Waals surface area contributed by atoms with Crippen LogP contribution < -0.4 is 32.3 Å². The van der Waals surface area contributed by atoms with Crippen LogP contribution in [0.3, 0.4) is 0 Å². The number of fused-ring (bicyclic) bond motifs is 2. The van der Waals surface area contributed by atoms with Crippen LogP contribution in [0.1, 0.15) is 108 Å². The molecule has 2 aromatic rings. The quantitative estimate of drug-likeness (QED) is 0.143. The summed E-state index contributed by atoms with van der Waals surface area (Å²) < 4.78 is 7.96. The molecule has 0 spiro atoms. The highest BCUT2D eigenvalue weighted by Crippen LogP contribution is 2.36. The zero-order chi connectivity index (χ0) is 42.2. The van der Waals surface area contributed by atoms with E-state index in [0.717, 1.165) is 24.8 Å². The van der Waals surface area contributed by atoms with Gasteiger partial charge in [-0.05, 0) is 91.3 Å². The summed E-state index contributed by atoms with van der Waals surface area (Å²) in [6.07, 6.45) is 8.57. The third-order valence-electron chi connectivity index (χ3n) is 12.6. The smallest absolute Gasteiger partial charge is 0.246 e. The molecule has 18 heteroatoms. The van der Waals surface area contributed by atoms with E-state index in [-0.39, 0.29) is 60.9 Å². The first-order valence-electron chi connectivity index (χ1n) is 21.1. The van der Waals surface area contributed by atoms with Crippen molar-refractivity contribution in [1.29, 1.82) is 0 Å². The minimum Gasteiger partial charge on any atom is -0.373 e. The number of hydrogen-bond donors (Lipinski definition) is 6. The molecule has 322 valence electrons. The van der Waals surface area contributed by atoms with E-state index in [1.165, 1.54) is 0 Å². The zero-order valence-electron chi connectivity index (χ0n) is 34.6. The molecule has 6 amide bonds. The second kappa shape index (κ2) is 19.9. The molecule has 4 saturated heterocycles. The number of carbonyl (C=O) groups is 6. The molecule has 18 nitrogen and oxygen atoms in total. The standard InChI is InChI=1S/C41H61N11O7/c1-24(43-3)37(54)45-31-13-9-8-12-28-15-19-35(51(28)40(31)57)39(56)47-33(26-10-6-5-7-11-26)23-59-22-27-21-50(49-48-27)29-14-17-32(46-38(55)25(2)44-4)41(58)52-30(20-29)16-18-34(52)36(42)53/h5-7,10-11,21,24-25,28-35,43-44H,8-9,12-20,22-23H2,1-4H3,(H2,42,53)(H,45,54)(H,46,55)(H,47,56)/t24-,25-,28-,29+,30+,31-,32-,33+,34-,35-/m0/s1. The summed E-state index contributed by atoms with van der Waals surface area (Å²) >= 11 is 0. The van der Waals surface area contributed by atoms with Crippen molar-refractivity contribution in [3.63, 3.8) is 0 Å². The lowest BCUT2D eigenvalue weighted by Crippen LogP contribution is -2.58. The van der Waals surface area contributed by atoms with Crippen molar-refractivity contribution < 1.29 is 33.5 Å². The maximum atomic E-state index is 14.1. The lowest BCUT2D eigenvalue weighted by Gasteiger charge is -2.37. The van der Waals surface area contributed by atoms with Crippen LogP contribution in [0.15, 0.2) is 36.5 Å². The predicted octanol–water partition coefficient (Wildman–Crippen LogP) is 0.341. The monoisotopic (exact) mass is 819 g/mol. The summed E-state index contributed by atoms with van der Waals surface area (Å²) in [5.41, 5.74) is 7.14. The largest absolute Gasteiger partial charge is 0.373 e. The van der Waals surface area contributed by atoms with Crippen molar-refractivity contribution >= 4 is 35.4 Å². The number of carbonyl (C=O) groups excluding carboxylic acids is 6. The molecule has 0 saturated carbocycles. The number of nitrogens with one attached hydrogen (secondary N) is 5. The maximum Gasteiger partial charge on any atom is 0.246 e. The molecule has 5 heterocycles. The van der Waals surface area contributed by atoms with Crippen LogP contribution in [-0.4, -0.2) is 129 Å². The van der Waals surface area contributed by atoms with Gasteiger partial charge in [0.15, 0.2) is 0 Å². The van der Waals surface area contributed by atoms with E-state index in [4.69, 9.17) is 10.5 Å². The summed E-state index contributed by atoms with van der Waals surface area (Å²) in [6, 6.07) is 4.57. The minimum atomic E-state index is -0.827. The van der Waals surface area contributed by atoms with Gasteiger partial charge in [0.2, 0.25) is 35.4 Å². The predicted molar refractivity (Wildman–Crippen MR) is 216 cm³/mol. The summed E-state index contributed by atoms with van der Waals surface area (Å²) in [5, 5.41) is 23.6. The molecule has 6 rings (SSSR count). The van der Waals surface area contributed by atoms with Gasteiger partial charge in [0.05, 0.1) is 43.6 Å². The Bertz CT molecular complexity index is 1810. The van der Waals surface area contributed by atoms with Crippen molar-refractivity contribution in [2.75, 3.05) is 20.7 Å². The van der Waals surface area contributed by atoms with Gasteiger partial charge in [0.25, 0.3) is 0 Å². The van der Waals surface area contributed by atoms with Gasteiger partial charge < -0.3 is 46.9 Å². The molecule has 0 radical (unpaired) electrons. The Kier molecular flexibility index (Phi) is 14.7. The SMILES string of the molecule is CN[C@@H](C)C(=O)N[C@H]1CC[C@@H](n2cc(COC[C@@H](NC(=O)[C@@H]3CC[C@@H]4CCCC[C@H](NC(=O)[C@H](C)NC)C(=O)N43)c3ccccc3)nn2)C[C@H]2CC[C@@H](C(N)=O)N2C1=O. The van der Waals surface area contributed by atoms with Gasteiger partial charge in [-0.3, -0.25) is 28.8 Å². The van der Waals surface area contributed by atoms with Crippen LogP contribution >= 0.6 is 0 Å². The number of nitrogens with two attached hydrogens (primary N) is 1. The first-order valence-corrected chi connectivity index (χ1v) is 21.1. The fraction of sp³-hybridized carbons (Fsp3) is 0.659. The number of likely N-dealkylation sites (N-methyl/N-ethyl adjacent to an activating group) is 2. The molecule has 4 aliphatic rings. The fourth-order valence-corrected chi connectivity index (χ4v) is 8.99. The van der Waals surface area contributed by atoms with Crippen LogP contribution in [0.4, 0.5) is 0 Å². The average Bonchev–Trinajstić information content (AvgIpc) is 3.99. The van der Waals surface area contributed by atoms with E-state index in [1.807, 2.05) is 36.5 Å². The summed E-state index contributed by atoms with van der Waals surface area (Å²) in [5.74, 6) is -1.91. The Morgan fingerprint density at radius 3 is 2.03 bits per heavy atom. The molecule has 1 aromatic carbocycles. The molecule has 7 N–H and O–H groups in total. The highest BCUT2D eigenvalue weighted by Gasteiger charge is 2.46. The third-order valence-corrected chi connectivity index (χ3v) is 12.6. The lowest BCUT2D eigenvalue weighted by molar-refractivity contribution is -0.144.